The van der Waals surface area contributed by atoms with Crippen molar-refractivity contribution in [3.8, 4) is 0 Å². The fourth-order valence-electron chi connectivity index (χ4n) is 2.34. The molecular formula is C18H17N3. The molecule has 0 amide bonds. The van der Waals surface area contributed by atoms with E-state index in [1.54, 1.807) is 0 Å². The summed E-state index contributed by atoms with van der Waals surface area (Å²) in [5.41, 5.74) is 6.85. The summed E-state index contributed by atoms with van der Waals surface area (Å²) in [6.07, 6.45) is 0. The molecule has 0 bridgehead atoms. The number of hydrogen-bond donors (Lipinski definition) is 2. The SMILES string of the molecule is NNc1cccc(N(c2ccccc2)c2ccccc2)c1. The van der Waals surface area contributed by atoms with Crippen LogP contribution in [0.5, 0.6) is 0 Å². The molecular weight excluding hydrogens is 258 g/mol. The Hall–Kier alpha value is -2.78. The van der Waals surface area contributed by atoms with Gasteiger partial charge in [0.05, 0.1) is 5.69 Å². The Kier molecular flexibility index (Phi) is 3.85. The average Bonchev–Trinajstić information content (AvgIpc) is 2.57. The zero-order valence-electron chi connectivity index (χ0n) is 11.6. The van der Waals surface area contributed by atoms with E-state index < -0.39 is 0 Å². The normalized spacial score (nSPS) is 10.1. The summed E-state index contributed by atoms with van der Waals surface area (Å²) in [7, 11) is 0. The lowest BCUT2D eigenvalue weighted by molar-refractivity contribution is 1.27. The monoisotopic (exact) mass is 275 g/mol. The maximum atomic E-state index is 5.53. The number of nitrogen functional groups attached to an aromatic ring is 1. The molecule has 0 aliphatic carbocycles. The van der Waals surface area contributed by atoms with E-state index >= 15 is 0 Å². The van der Waals surface area contributed by atoms with Crippen LogP contribution >= 0.6 is 0 Å². The van der Waals surface area contributed by atoms with Crippen molar-refractivity contribution in [3.05, 3.63) is 84.9 Å². The number of nitrogens with one attached hydrogen (secondary N) is 1. The van der Waals surface area contributed by atoms with Gasteiger partial charge < -0.3 is 10.3 Å². The minimum absolute atomic E-state index is 0.879. The maximum Gasteiger partial charge on any atom is 0.0505 e. The molecule has 3 aromatic rings. The highest BCUT2D eigenvalue weighted by Gasteiger charge is 2.11. The van der Waals surface area contributed by atoms with E-state index in [4.69, 9.17) is 5.84 Å². The molecule has 0 unspecified atom stereocenters. The lowest BCUT2D eigenvalue weighted by Crippen LogP contribution is -2.11. The van der Waals surface area contributed by atoms with Crippen molar-refractivity contribution in [1.82, 2.24) is 0 Å². The Bertz CT molecular complexity index is 656. The number of hydrogen-bond acceptors (Lipinski definition) is 3. The summed E-state index contributed by atoms with van der Waals surface area (Å²) in [4.78, 5) is 2.20. The summed E-state index contributed by atoms with van der Waals surface area (Å²) in [6.45, 7) is 0. The first-order valence-electron chi connectivity index (χ1n) is 6.85. The van der Waals surface area contributed by atoms with Gasteiger partial charge in [0.2, 0.25) is 0 Å². The van der Waals surface area contributed by atoms with Gasteiger partial charge in [0, 0.05) is 17.1 Å². The predicted molar refractivity (Wildman–Crippen MR) is 88.9 cm³/mol. The number of benzene rings is 3. The van der Waals surface area contributed by atoms with Crippen molar-refractivity contribution < 1.29 is 0 Å². The molecule has 0 aliphatic rings. The summed E-state index contributed by atoms with van der Waals surface area (Å²) < 4.78 is 0. The van der Waals surface area contributed by atoms with Crippen LogP contribution in [0, 0.1) is 0 Å². The Labute approximate surface area is 124 Å². The van der Waals surface area contributed by atoms with Crippen molar-refractivity contribution in [1.29, 1.82) is 0 Å². The highest BCUT2D eigenvalue weighted by molar-refractivity contribution is 5.77. The van der Waals surface area contributed by atoms with Gasteiger partial charge in [-0.25, -0.2) is 0 Å². The largest absolute Gasteiger partial charge is 0.324 e. The number of para-hydroxylation sites is 2. The zero-order valence-corrected chi connectivity index (χ0v) is 11.6. The van der Waals surface area contributed by atoms with E-state index in [9.17, 15) is 0 Å². The highest BCUT2D eigenvalue weighted by Crippen LogP contribution is 2.34. The first-order chi connectivity index (χ1) is 10.4. The van der Waals surface area contributed by atoms with Crippen LogP contribution < -0.4 is 16.2 Å². The number of nitrogens with two attached hydrogens (primary N) is 1. The highest BCUT2D eigenvalue weighted by atomic mass is 15.2. The molecule has 3 nitrogen and oxygen atoms in total. The van der Waals surface area contributed by atoms with Gasteiger partial charge in [-0.3, -0.25) is 5.84 Å². The standard InChI is InChI=1S/C18H17N3/c19-20-15-8-7-13-18(14-15)21(16-9-3-1-4-10-16)17-11-5-2-6-12-17/h1-14,20H,19H2. The van der Waals surface area contributed by atoms with E-state index in [-0.39, 0.29) is 0 Å². The molecule has 0 radical (unpaired) electrons. The fraction of sp³-hybridized carbons (Fsp3) is 0. The molecule has 3 rings (SSSR count). The molecule has 0 fully saturated rings. The van der Waals surface area contributed by atoms with Crippen molar-refractivity contribution in [3.63, 3.8) is 0 Å². The molecule has 21 heavy (non-hydrogen) atoms. The van der Waals surface area contributed by atoms with Crippen molar-refractivity contribution >= 4 is 22.7 Å². The lowest BCUT2D eigenvalue weighted by Gasteiger charge is -2.25. The van der Waals surface area contributed by atoms with Gasteiger partial charge in [0.1, 0.15) is 0 Å². The van der Waals surface area contributed by atoms with E-state index in [2.05, 4.69) is 40.7 Å². The number of rotatable bonds is 4. The average molecular weight is 275 g/mol. The Balaban J connectivity index is 2.12. The second kappa shape index (κ2) is 6.11. The molecule has 0 heterocycles. The van der Waals surface area contributed by atoms with Crippen LogP contribution in [0.4, 0.5) is 22.7 Å². The van der Waals surface area contributed by atoms with Gasteiger partial charge in [-0.05, 0) is 42.5 Å². The molecule has 0 saturated heterocycles. The van der Waals surface area contributed by atoms with Gasteiger partial charge in [0.25, 0.3) is 0 Å². The quantitative estimate of drug-likeness (QED) is 0.546. The molecule has 0 aromatic heterocycles. The van der Waals surface area contributed by atoms with Crippen LogP contribution in [0.15, 0.2) is 84.9 Å². The van der Waals surface area contributed by atoms with E-state index in [0.717, 1.165) is 22.7 Å². The van der Waals surface area contributed by atoms with E-state index in [0.29, 0.717) is 0 Å². The summed E-state index contributed by atoms with van der Waals surface area (Å²) in [5, 5.41) is 0. The number of nitrogens with zero attached hydrogens (tertiary/aromatic N) is 1. The molecule has 3 N–H and O–H groups in total. The molecule has 104 valence electrons. The molecule has 0 saturated carbocycles. The lowest BCUT2D eigenvalue weighted by atomic mass is 10.2. The summed E-state index contributed by atoms with van der Waals surface area (Å²) >= 11 is 0. The molecule has 0 atom stereocenters. The molecule has 3 aromatic carbocycles. The minimum Gasteiger partial charge on any atom is -0.324 e. The first-order valence-corrected chi connectivity index (χ1v) is 6.85. The second-order valence-corrected chi connectivity index (χ2v) is 4.70. The summed E-state index contributed by atoms with van der Waals surface area (Å²) in [5.74, 6) is 5.53. The van der Waals surface area contributed by atoms with Gasteiger partial charge in [0.15, 0.2) is 0 Å². The van der Waals surface area contributed by atoms with Crippen LogP contribution in [0.1, 0.15) is 0 Å². The van der Waals surface area contributed by atoms with Crippen LogP contribution in [0.3, 0.4) is 0 Å². The third-order valence-corrected chi connectivity index (χ3v) is 3.30. The zero-order chi connectivity index (χ0) is 14.5. The molecule has 3 heteroatoms. The van der Waals surface area contributed by atoms with Crippen molar-refractivity contribution in [2.45, 2.75) is 0 Å². The van der Waals surface area contributed by atoms with E-state index in [1.807, 2.05) is 54.6 Å². The Morgan fingerprint density at radius 1 is 0.619 bits per heavy atom. The van der Waals surface area contributed by atoms with Crippen LogP contribution in [0.2, 0.25) is 0 Å². The van der Waals surface area contributed by atoms with Gasteiger partial charge >= 0.3 is 0 Å². The van der Waals surface area contributed by atoms with Crippen LogP contribution in [-0.2, 0) is 0 Å². The van der Waals surface area contributed by atoms with Crippen LogP contribution in [0.25, 0.3) is 0 Å². The first kappa shape index (κ1) is 13.2. The number of hydrazine groups is 1. The third-order valence-electron chi connectivity index (χ3n) is 3.30. The maximum absolute atomic E-state index is 5.53. The predicted octanol–water partition coefficient (Wildman–Crippen LogP) is 4.44. The minimum atomic E-state index is 0.879. The van der Waals surface area contributed by atoms with Crippen molar-refractivity contribution in [2.75, 3.05) is 10.3 Å². The second-order valence-electron chi connectivity index (χ2n) is 4.70. The van der Waals surface area contributed by atoms with E-state index in [1.165, 1.54) is 0 Å². The topological polar surface area (TPSA) is 41.3 Å². The van der Waals surface area contributed by atoms with Crippen molar-refractivity contribution in [2.24, 2.45) is 5.84 Å². The fourth-order valence-corrected chi connectivity index (χ4v) is 2.34. The number of anilines is 4. The summed E-state index contributed by atoms with van der Waals surface area (Å²) in [6, 6.07) is 28.6. The third kappa shape index (κ3) is 2.88. The van der Waals surface area contributed by atoms with Crippen LogP contribution in [-0.4, -0.2) is 0 Å². The smallest absolute Gasteiger partial charge is 0.0505 e. The Morgan fingerprint density at radius 3 is 1.67 bits per heavy atom. The Morgan fingerprint density at radius 2 is 1.14 bits per heavy atom. The van der Waals surface area contributed by atoms with Gasteiger partial charge in [-0.15, -0.1) is 0 Å². The van der Waals surface area contributed by atoms with Gasteiger partial charge in [-0.2, -0.15) is 0 Å². The molecule has 0 spiro atoms. The molecule has 0 aliphatic heterocycles. The van der Waals surface area contributed by atoms with Gasteiger partial charge in [-0.1, -0.05) is 42.5 Å².